The Morgan fingerprint density at radius 1 is 1.33 bits per heavy atom. The van der Waals surface area contributed by atoms with Crippen LogP contribution in [0.25, 0.3) is 0 Å². The molecule has 0 bridgehead atoms. The van der Waals surface area contributed by atoms with E-state index in [2.05, 4.69) is 26.2 Å². The molecule has 94 valence electrons. The summed E-state index contributed by atoms with van der Waals surface area (Å²) in [4.78, 5) is 4.28. The van der Waals surface area contributed by atoms with Crippen LogP contribution in [0.4, 0.5) is 10.2 Å². The van der Waals surface area contributed by atoms with Gasteiger partial charge in [-0.25, -0.2) is 9.37 Å². The topological polar surface area (TPSA) is 24.9 Å². The molecule has 1 aromatic heterocycles. The summed E-state index contributed by atoms with van der Waals surface area (Å²) in [6.45, 7) is 3.98. The second-order valence-electron chi connectivity index (χ2n) is 4.24. The minimum Gasteiger partial charge on any atom is -0.364 e. The summed E-state index contributed by atoms with van der Waals surface area (Å²) < 4.78 is 14.1. The number of halogens is 2. The highest BCUT2D eigenvalue weighted by molar-refractivity contribution is 9.10. The third kappa shape index (κ3) is 3.07. The smallest absolute Gasteiger partial charge is 0.126 e. The van der Waals surface area contributed by atoms with Crippen LogP contribution in [0.15, 0.2) is 41.0 Å². The molecule has 1 aromatic carbocycles. The Morgan fingerprint density at radius 3 is 2.78 bits per heavy atom. The summed E-state index contributed by atoms with van der Waals surface area (Å²) in [5.41, 5.74) is 2.01. The molecule has 1 atom stereocenters. The molecule has 2 aromatic rings. The van der Waals surface area contributed by atoms with E-state index in [1.165, 1.54) is 12.1 Å². The first kappa shape index (κ1) is 13.0. The Kier molecular flexibility index (Phi) is 3.97. The highest BCUT2D eigenvalue weighted by atomic mass is 79.9. The fourth-order valence-electron chi connectivity index (χ4n) is 1.70. The van der Waals surface area contributed by atoms with E-state index >= 15 is 0 Å². The predicted molar refractivity (Wildman–Crippen MR) is 75.1 cm³/mol. The molecule has 0 saturated carbocycles. The van der Waals surface area contributed by atoms with Gasteiger partial charge in [-0.15, -0.1) is 0 Å². The van der Waals surface area contributed by atoms with E-state index in [-0.39, 0.29) is 11.9 Å². The van der Waals surface area contributed by atoms with Crippen LogP contribution in [0.1, 0.15) is 24.1 Å². The molecule has 4 heteroatoms. The third-order valence-electron chi connectivity index (χ3n) is 2.76. The van der Waals surface area contributed by atoms with E-state index in [9.17, 15) is 4.39 Å². The fourth-order valence-corrected chi connectivity index (χ4v) is 1.92. The molecular formula is C14H14BrFN2. The molecule has 0 aliphatic rings. The Bertz CT molecular complexity index is 557. The zero-order valence-corrected chi connectivity index (χ0v) is 11.8. The number of hydrogen-bond acceptors (Lipinski definition) is 2. The van der Waals surface area contributed by atoms with Crippen molar-refractivity contribution < 1.29 is 4.39 Å². The SMILES string of the molecule is Cc1cc(NC(C)c2cccc(F)c2)ncc1Br. The highest BCUT2D eigenvalue weighted by Crippen LogP contribution is 2.22. The zero-order valence-electron chi connectivity index (χ0n) is 10.2. The van der Waals surface area contributed by atoms with E-state index in [1.807, 2.05) is 26.0 Å². The monoisotopic (exact) mass is 308 g/mol. The molecule has 2 rings (SSSR count). The van der Waals surface area contributed by atoms with Crippen molar-refractivity contribution in [2.45, 2.75) is 19.9 Å². The maximum atomic E-state index is 13.1. The van der Waals surface area contributed by atoms with Gasteiger partial charge < -0.3 is 5.32 Å². The average molecular weight is 309 g/mol. The molecule has 1 unspecified atom stereocenters. The van der Waals surface area contributed by atoms with Gasteiger partial charge >= 0.3 is 0 Å². The van der Waals surface area contributed by atoms with Crippen molar-refractivity contribution in [1.82, 2.24) is 4.98 Å². The van der Waals surface area contributed by atoms with Crippen LogP contribution in [0.2, 0.25) is 0 Å². The van der Waals surface area contributed by atoms with Crippen LogP contribution in [0, 0.1) is 12.7 Å². The molecular weight excluding hydrogens is 295 g/mol. The van der Waals surface area contributed by atoms with Crippen molar-refractivity contribution in [3.63, 3.8) is 0 Å². The Balaban J connectivity index is 2.16. The van der Waals surface area contributed by atoms with Crippen molar-refractivity contribution in [1.29, 1.82) is 0 Å². The quantitative estimate of drug-likeness (QED) is 0.905. The van der Waals surface area contributed by atoms with E-state index in [0.29, 0.717) is 0 Å². The van der Waals surface area contributed by atoms with Gasteiger partial charge in [0.25, 0.3) is 0 Å². The standard InChI is InChI=1S/C14H14BrFN2/c1-9-6-14(17-8-13(9)15)18-10(2)11-4-3-5-12(16)7-11/h3-8,10H,1-2H3,(H,17,18). The number of aromatic nitrogens is 1. The van der Waals surface area contributed by atoms with Gasteiger partial charge in [-0.2, -0.15) is 0 Å². The summed E-state index contributed by atoms with van der Waals surface area (Å²) in [5.74, 6) is 0.563. The molecule has 18 heavy (non-hydrogen) atoms. The van der Waals surface area contributed by atoms with Crippen LogP contribution < -0.4 is 5.32 Å². The Labute approximate surface area is 114 Å². The molecule has 0 saturated heterocycles. The van der Waals surface area contributed by atoms with Crippen molar-refractivity contribution >= 4 is 21.7 Å². The maximum absolute atomic E-state index is 13.1. The van der Waals surface area contributed by atoms with Crippen LogP contribution in [0.5, 0.6) is 0 Å². The van der Waals surface area contributed by atoms with Crippen molar-refractivity contribution in [2.24, 2.45) is 0 Å². The van der Waals surface area contributed by atoms with Crippen molar-refractivity contribution in [3.8, 4) is 0 Å². The lowest BCUT2D eigenvalue weighted by Crippen LogP contribution is -2.08. The fraction of sp³-hybridized carbons (Fsp3) is 0.214. The summed E-state index contributed by atoms with van der Waals surface area (Å²) in [7, 11) is 0. The summed E-state index contributed by atoms with van der Waals surface area (Å²) in [6.07, 6.45) is 1.76. The minimum absolute atomic E-state index is 0.00813. The third-order valence-corrected chi connectivity index (χ3v) is 3.59. The van der Waals surface area contributed by atoms with Crippen molar-refractivity contribution in [3.05, 3.63) is 57.9 Å². The van der Waals surface area contributed by atoms with E-state index in [4.69, 9.17) is 0 Å². The largest absolute Gasteiger partial charge is 0.364 e. The molecule has 0 aliphatic carbocycles. The molecule has 0 amide bonds. The van der Waals surface area contributed by atoms with Gasteiger partial charge in [0.1, 0.15) is 11.6 Å². The van der Waals surface area contributed by atoms with Gasteiger partial charge in [-0.1, -0.05) is 12.1 Å². The van der Waals surface area contributed by atoms with E-state index in [0.717, 1.165) is 21.4 Å². The van der Waals surface area contributed by atoms with Crippen LogP contribution in [-0.4, -0.2) is 4.98 Å². The number of pyridine rings is 1. The van der Waals surface area contributed by atoms with E-state index < -0.39 is 0 Å². The van der Waals surface area contributed by atoms with Gasteiger partial charge in [0.05, 0.1) is 6.04 Å². The number of benzene rings is 1. The molecule has 0 spiro atoms. The molecule has 2 nitrogen and oxygen atoms in total. The van der Waals surface area contributed by atoms with Gasteiger partial charge in [-0.05, 0) is 59.1 Å². The minimum atomic E-state index is -0.221. The lowest BCUT2D eigenvalue weighted by atomic mass is 10.1. The molecule has 0 aliphatic heterocycles. The second-order valence-corrected chi connectivity index (χ2v) is 5.09. The van der Waals surface area contributed by atoms with Gasteiger partial charge in [0, 0.05) is 10.7 Å². The van der Waals surface area contributed by atoms with Gasteiger partial charge in [-0.3, -0.25) is 0 Å². The number of nitrogens with zero attached hydrogens (tertiary/aromatic N) is 1. The first-order valence-corrected chi connectivity index (χ1v) is 6.49. The first-order chi connectivity index (χ1) is 8.56. The first-order valence-electron chi connectivity index (χ1n) is 5.70. The normalized spacial score (nSPS) is 12.2. The number of aryl methyl sites for hydroxylation is 1. The summed E-state index contributed by atoms with van der Waals surface area (Å²) in [6, 6.07) is 8.55. The zero-order chi connectivity index (χ0) is 13.1. The van der Waals surface area contributed by atoms with Crippen LogP contribution in [0.3, 0.4) is 0 Å². The van der Waals surface area contributed by atoms with Crippen molar-refractivity contribution in [2.75, 3.05) is 5.32 Å². The maximum Gasteiger partial charge on any atom is 0.126 e. The van der Waals surface area contributed by atoms with E-state index in [1.54, 1.807) is 12.3 Å². The lowest BCUT2D eigenvalue weighted by molar-refractivity contribution is 0.623. The second kappa shape index (κ2) is 5.48. The lowest BCUT2D eigenvalue weighted by Gasteiger charge is -2.15. The predicted octanol–water partition coefficient (Wildman–Crippen LogP) is 4.46. The van der Waals surface area contributed by atoms with Gasteiger partial charge in [0.15, 0.2) is 0 Å². The Hall–Kier alpha value is -1.42. The van der Waals surface area contributed by atoms with Crippen LogP contribution >= 0.6 is 15.9 Å². The summed E-state index contributed by atoms with van der Waals surface area (Å²) in [5, 5.41) is 3.25. The molecule has 1 heterocycles. The molecule has 1 N–H and O–H groups in total. The van der Waals surface area contributed by atoms with Crippen LogP contribution in [-0.2, 0) is 0 Å². The van der Waals surface area contributed by atoms with Gasteiger partial charge in [0.2, 0.25) is 0 Å². The Morgan fingerprint density at radius 2 is 2.11 bits per heavy atom. The highest BCUT2D eigenvalue weighted by Gasteiger charge is 2.07. The number of nitrogens with one attached hydrogen (secondary N) is 1. The number of anilines is 1. The number of hydrogen-bond donors (Lipinski definition) is 1. The molecule has 0 radical (unpaired) electrons. The number of rotatable bonds is 3. The molecule has 0 fully saturated rings. The average Bonchev–Trinajstić information content (AvgIpc) is 2.34. The summed E-state index contributed by atoms with van der Waals surface area (Å²) >= 11 is 3.41.